The molecule has 0 bridgehead atoms. The van der Waals surface area contributed by atoms with E-state index in [-0.39, 0.29) is 30.3 Å². The normalized spacial score (nSPS) is 27.4. The molecule has 0 amide bonds. The molecular formula is C43H63N3O5. The third kappa shape index (κ3) is 11.3. The lowest BCUT2D eigenvalue weighted by atomic mass is 9.80. The number of carboxylic acids is 1. The molecule has 1 saturated carbocycles. The summed E-state index contributed by atoms with van der Waals surface area (Å²) < 4.78 is 0. The van der Waals surface area contributed by atoms with Crippen molar-refractivity contribution in [3.8, 4) is 11.1 Å². The Morgan fingerprint density at radius 1 is 1.00 bits per heavy atom. The van der Waals surface area contributed by atoms with Crippen molar-refractivity contribution in [1.29, 1.82) is 0 Å². The van der Waals surface area contributed by atoms with Crippen molar-refractivity contribution in [2.45, 2.75) is 127 Å². The number of rotatable bonds is 20. The summed E-state index contributed by atoms with van der Waals surface area (Å²) in [4.78, 5) is 15.8. The third-order valence-corrected chi connectivity index (χ3v) is 11.9. The van der Waals surface area contributed by atoms with Crippen molar-refractivity contribution in [2.24, 2.45) is 35.3 Å². The number of aromatic amines is 1. The van der Waals surface area contributed by atoms with Gasteiger partial charge >= 0.3 is 5.97 Å². The molecular weight excluding hydrogens is 638 g/mol. The summed E-state index contributed by atoms with van der Waals surface area (Å²) in [5, 5.41) is 47.4. The number of aliphatic hydroxyl groups is 3. The van der Waals surface area contributed by atoms with Gasteiger partial charge in [0.1, 0.15) is 0 Å². The molecule has 2 heterocycles. The second-order valence-electron chi connectivity index (χ2n) is 15.9. The monoisotopic (exact) mass is 701 g/mol. The highest BCUT2D eigenvalue weighted by Gasteiger charge is 2.46. The first-order valence-electron chi connectivity index (χ1n) is 19.8. The highest BCUT2D eigenvalue weighted by molar-refractivity contribution is 5.70. The molecule has 8 heteroatoms. The van der Waals surface area contributed by atoms with Crippen LogP contribution in [0.15, 0.2) is 78.3 Å². The molecule has 8 unspecified atom stereocenters. The van der Waals surface area contributed by atoms with E-state index in [0.29, 0.717) is 50.4 Å². The first kappa shape index (κ1) is 38.9. The molecule has 0 spiro atoms. The molecule has 8 atom stereocenters. The summed E-state index contributed by atoms with van der Waals surface area (Å²) in [6.45, 7) is 2.91. The number of aliphatic hydroxyl groups excluding tert-OH is 2. The van der Waals surface area contributed by atoms with Crippen LogP contribution in [0.4, 0.5) is 0 Å². The Labute approximate surface area is 305 Å². The van der Waals surface area contributed by atoms with E-state index in [1.54, 1.807) is 0 Å². The maximum absolute atomic E-state index is 12.3. The Morgan fingerprint density at radius 2 is 1.80 bits per heavy atom. The molecule has 2 aliphatic carbocycles. The number of hydrogen-bond acceptors (Lipinski definition) is 6. The maximum atomic E-state index is 12.3. The molecule has 51 heavy (non-hydrogen) atoms. The SMILES string of the molecule is CCCCCC1C=CC(CCCCCC(C(=O)O)C(O)CCC2(O)CC(CC3=CCNC(N)=C3)CC2Cc2cc(-c3ccccc3)c[nH]2)C(O)C1. The predicted octanol–water partition coefficient (Wildman–Crippen LogP) is 7.63. The van der Waals surface area contributed by atoms with Crippen LogP contribution < -0.4 is 11.1 Å². The summed E-state index contributed by atoms with van der Waals surface area (Å²) in [5.74, 6) is -0.292. The molecule has 1 aromatic heterocycles. The van der Waals surface area contributed by atoms with Crippen LogP contribution in [-0.2, 0) is 11.2 Å². The van der Waals surface area contributed by atoms with Gasteiger partial charge in [-0.05, 0) is 111 Å². The smallest absolute Gasteiger partial charge is 0.309 e. The molecule has 8 nitrogen and oxygen atoms in total. The summed E-state index contributed by atoms with van der Waals surface area (Å²) in [7, 11) is 0. The lowest BCUT2D eigenvalue weighted by Crippen LogP contribution is -2.37. The van der Waals surface area contributed by atoms with Crippen molar-refractivity contribution in [2.75, 3.05) is 6.54 Å². The summed E-state index contributed by atoms with van der Waals surface area (Å²) in [6.07, 6.45) is 22.4. The Bertz CT molecular complexity index is 1470. The van der Waals surface area contributed by atoms with Gasteiger partial charge in [0.15, 0.2) is 0 Å². The number of H-pyrrole nitrogens is 1. The second-order valence-corrected chi connectivity index (χ2v) is 15.9. The Kier molecular flexibility index (Phi) is 14.5. The van der Waals surface area contributed by atoms with E-state index in [1.807, 2.05) is 30.5 Å². The summed E-state index contributed by atoms with van der Waals surface area (Å²) >= 11 is 0. The summed E-state index contributed by atoms with van der Waals surface area (Å²) in [6, 6.07) is 12.4. The van der Waals surface area contributed by atoms with Crippen molar-refractivity contribution < 1.29 is 25.2 Å². The standard InChI is InChI=1S/C43H63N3O5/c1-2-3-6-11-30-16-17-34(40(48)24-30)14-9-5-10-15-38(42(49)50)39(47)18-20-43(51)28-32(22-31-19-21-45-41(44)25-31)23-36(43)27-37-26-35(29-46-37)33-12-7-4-8-13-33/h4,7-8,12-13,16-17,19,25-26,29-30,32,34,36,38-40,45-48,51H,2-3,5-6,9-11,14-15,18,20-24,27-28,44H2,1H3,(H,49,50). The van der Waals surface area contributed by atoms with Crippen molar-refractivity contribution >= 4 is 5.97 Å². The first-order valence-corrected chi connectivity index (χ1v) is 19.8. The van der Waals surface area contributed by atoms with Gasteiger partial charge in [-0.1, -0.05) is 94.0 Å². The number of allylic oxidation sites excluding steroid dienone is 3. The molecule has 2 aromatic rings. The van der Waals surface area contributed by atoms with Crippen LogP contribution in [0.5, 0.6) is 0 Å². The lowest BCUT2D eigenvalue weighted by Gasteiger charge is -2.32. The molecule has 0 radical (unpaired) electrons. The molecule has 8 N–H and O–H groups in total. The molecule has 5 rings (SSSR count). The van der Waals surface area contributed by atoms with Gasteiger partial charge in [-0.2, -0.15) is 0 Å². The van der Waals surface area contributed by atoms with E-state index in [9.17, 15) is 25.2 Å². The van der Waals surface area contributed by atoms with E-state index < -0.39 is 23.6 Å². The van der Waals surface area contributed by atoms with Gasteiger partial charge in [-0.3, -0.25) is 4.79 Å². The highest BCUT2D eigenvalue weighted by atomic mass is 16.4. The van der Waals surface area contributed by atoms with Crippen LogP contribution in [0, 0.1) is 29.6 Å². The van der Waals surface area contributed by atoms with Crippen molar-refractivity contribution in [3.63, 3.8) is 0 Å². The van der Waals surface area contributed by atoms with Gasteiger partial charge in [-0.15, -0.1) is 0 Å². The fourth-order valence-corrected chi connectivity index (χ4v) is 8.97. The minimum atomic E-state index is -1.02. The molecule has 280 valence electrons. The number of carboxylic acid groups (broad SMARTS) is 1. The molecule has 0 saturated heterocycles. The van der Waals surface area contributed by atoms with Gasteiger partial charge < -0.3 is 36.5 Å². The number of unbranched alkanes of at least 4 members (excludes halogenated alkanes) is 4. The van der Waals surface area contributed by atoms with E-state index >= 15 is 0 Å². The zero-order valence-corrected chi connectivity index (χ0v) is 30.7. The number of hydrogen-bond donors (Lipinski definition) is 7. The number of aliphatic carboxylic acids is 1. The number of benzene rings is 1. The quantitative estimate of drug-likeness (QED) is 0.0554. The topological polar surface area (TPSA) is 152 Å². The largest absolute Gasteiger partial charge is 0.481 e. The van der Waals surface area contributed by atoms with Crippen LogP contribution in [0.2, 0.25) is 0 Å². The molecule has 1 aromatic carbocycles. The van der Waals surface area contributed by atoms with Gasteiger partial charge in [0.2, 0.25) is 0 Å². The second kappa shape index (κ2) is 19.0. The minimum Gasteiger partial charge on any atom is -0.481 e. The fourth-order valence-electron chi connectivity index (χ4n) is 8.97. The summed E-state index contributed by atoms with van der Waals surface area (Å²) in [5.41, 5.74) is 9.52. The Balaban J connectivity index is 1.14. The van der Waals surface area contributed by atoms with Crippen molar-refractivity contribution in [3.05, 3.63) is 84.0 Å². The number of carbonyl (C=O) groups is 1. The minimum absolute atomic E-state index is 0.0281. The predicted molar refractivity (Wildman–Crippen MR) is 204 cm³/mol. The van der Waals surface area contributed by atoms with Crippen LogP contribution in [0.3, 0.4) is 0 Å². The highest BCUT2D eigenvalue weighted by Crippen LogP contribution is 2.47. The zero-order valence-electron chi connectivity index (χ0n) is 30.7. The van der Waals surface area contributed by atoms with E-state index in [0.717, 1.165) is 61.8 Å². The molecule has 1 aliphatic heterocycles. The Morgan fingerprint density at radius 3 is 2.55 bits per heavy atom. The third-order valence-electron chi connectivity index (χ3n) is 11.9. The number of aromatic nitrogens is 1. The van der Waals surface area contributed by atoms with Crippen molar-refractivity contribution in [1.82, 2.24) is 10.3 Å². The average Bonchev–Trinajstić information content (AvgIpc) is 3.70. The molecule has 3 aliphatic rings. The van der Waals surface area contributed by atoms with Gasteiger partial charge in [0.25, 0.3) is 0 Å². The van der Waals surface area contributed by atoms with E-state index in [1.165, 1.54) is 24.8 Å². The van der Waals surface area contributed by atoms with Crippen LogP contribution in [0.25, 0.3) is 11.1 Å². The number of nitrogens with two attached hydrogens (primary N) is 1. The van der Waals surface area contributed by atoms with Crippen LogP contribution >= 0.6 is 0 Å². The van der Waals surface area contributed by atoms with Gasteiger partial charge in [0, 0.05) is 24.4 Å². The molecule has 1 fully saturated rings. The van der Waals surface area contributed by atoms with Crippen LogP contribution in [0.1, 0.15) is 109 Å². The first-order chi connectivity index (χ1) is 24.6. The number of nitrogens with one attached hydrogen (secondary N) is 2. The van der Waals surface area contributed by atoms with E-state index in [2.05, 4.69) is 53.7 Å². The lowest BCUT2D eigenvalue weighted by molar-refractivity contribution is -0.146. The Hall–Kier alpha value is -3.33. The average molecular weight is 702 g/mol. The zero-order chi connectivity index (χ0) is 36.2. The van der Waals surface area contributed by atoms with E-state index in [4.69, 9.17) is 5.73 Å². The maximum Gasteiger partial charge on any atom is 0.309 e. The van der Waals surface area contributed by atoms with Gasteiger partial charge in [0.05, 0.1) is 29.5 Å². The van der Waals surface area contributed by atoms with Gasteiger partial charge in [-0.25, -0.2) is 0 Å². The van der Waals surface area contributed by atoms with Crippen LogP contribution in [-0.4, -0.2) is 55.7 Å². The number of dihydropyridines is 1. The fraction of sp³-hybridized carbons (Fsp3) is 0.605.